The van der Waals surface area contributed by atoms with E-state index in [1.54, 1.807) is 19.2 Å². The van der Waals surface area contributed by atoms with Gasteiger partial charge >= 0.3 is 176 Å². The van der Waals surface area contributed by atoms with E-state index in [2.05, 4.69) is 115 Å². The molecule has 0 aromatic heterocycles. The molecular weight excluding hydrogens is 503 g/mol. The first kappa shape index (κ1) is 23.2. The van der Waals surface area contributed by atoms with Gasteiger partial charge in [-0.1, -0.05) is 0 Å². The molecule has 0 aliphatic heterocycles. The van der Waals surface area contributed by atoms with Gasteiger partial charge in [-0.3, -0.25) is 0 Å². The molecule has 5 rings (SSSR count). The second-order valence-corrected chi connectivity index (χ2v) is 21.2. The number of rotatable bonds is 4. The Bertz CT molecular complexity index is 1090. The monoisotopic (exact) mass is 524 g/mol. The van der Waals surface area contributed by atoms with Gasteiger partial charge in [0.1, 0.15) is 0 Å². The molecule has 0 bridgehead atoms. The smallest absolute Gasteiger partial charge is 0.147 e. The Balaban J connectivity index is 0.00000128. The average molecular weight is 527 g/mol. The van der Waals surface area contributed by atoms with E-state index >= 15 is 0 Å². The number of fused-ring (bicyclic) bond motifs is 1. The Morgan fingerprint density at radius 2 is 1.33 bits per heavy atom. The summed E-state index contributed by atoms with van der Waals surface area (Å²) in [7, 11) is 0. The maximum absolute atomic E-state index is 2.54. The van der Waals surface area contributed by atoms with Crippen LogP contribution in [0.25, 0.3) is 6.08 Å². The van der Waals surface area contributed by atoms with Gasteiger partial charge in [-0.2, -0.15) is 0 Å². The van der Waals surface area contributed by atoms with Crippen molar-refractivity contribution in [2.45, 2.75) is 10.0 Å². The van der Waals surface area contributed by atoms with E-state index in [4.69, 9.17) is 0 Å². The first-order chi connectivity index (χ1) is 13.9. The molecule has 1 atom stereocenters. The van der Waals surface area contributed by atoms with Crippen LogP contribution in [0.2, 0.25) is 0 Å². The number of hydrogen-bond acceptors (Lipinski definition) is 0. The van der Waals surface area contributed by atoms with Crippen molar-refractivity contribution >= 4 is 46.7 Å². The summed E-state index contributed by atoms with van der Waals surface area (Å²) in [6.45, 7) is 0. The van der Waals surface area contributed by atoms with E-state index in [1.807, 2.05) is 0 Å². The Hall–Kier alpha value is -1.44. The van der Waals surface area contributed by atoms with E-state index in [9.17, 15) is 0 Å². The first-order valence-electron chi connectivity index (χ1n) is 9.90. The van der Waals surface area contributed by atoms with E-state index in [0.29, 0.717) is 3.63 Å². The van der Waals surface area contributed by atoms with Gasteiger partial charge in [-0.25, -0.2) is 0 Å². The quantitative estimate of drug-likeness (QED) is 0.373. The molecule has 2 aliphatic rings. The van der Waals surface area contributed by atoms with Gasteiger partial charge in [0.25, 0.3) is 0 Å². The summed E-state index contributed by atoms with van der Waals surface area (Å²) in [5.41, 5.74) is 2.19. The topological polar surface area (TPSA) is 0 Å². The molecule has 0 amide bonds. The van der Waals surface area contributed by atoms with Crippen LogP contribution >= 0.6 is 24.8 Å². The molecule has 0 nitrogen and oxygen atoms in total. The van der Waals surface area contributed by atoms with Crippen molar-refractivity contribution in [3.05, 3.63) is 124 Å². The van der Waals surface area contributed by atoms with E-state index in [0.717, 1.165) is 6.42 Å². The molecular formula is C26H24Cl2SiZr. The van der Waals surface area contributed by atoms with Crippen LogP contribution in [0.5, 0.6) is 0 Å². The SMILES string of the molecule is C1=CC[C]([Zr]([CH]2C=Cc3ccccc32)=[Si](c2ccccc2)c2ccccc2)=C1.Cl.Cl. The fraction of sp³-hybridized carbons (Fsp3) is 0.0769. The van der Waals surface area contributed by atoms with Crippen LogP contribution in [0.15, 0.2) is 113 Å². The van der Waals surface area contributed by atoms with Crippen molar-refractivity contribution in [2.75, 3.05) is 0 Å². The van der Waals surface area contributed by atoms with Crippen molar-refractivity contribution in [1.29, 1.82) is 0 Å². The Kier molecular flexibility index (Phi) is 8.31. The predicted octanol–water partition coefficient (Wildman–Crippen LogP) is 5.87. The minimum atomic E-state index is -2.09. The molecule has 3 aromatic carbocycles. The fourth-order valence-electron chi connectivity index (χ4n) is 4.35. The van der Waals surface area contributed by atoms with Crippen LogP contribution in [0.3, 0.4) is 0 Å². The van der Waals surface area contributed by atoms with Crippen molar-refractivity contribution in [1.82, 2.24) is 0 Å². The van der Waals surface area contributed by atoms with Crippen molar-refractivity contribution in [2.24, 2.45) is 0 Å². The van der Waals surface area contributed by atoms with Gasteiger partial charge in [0, 0.05) is 0 Å². The van der Waals surface area contributed by atoms with Crippen LogP contribution in [-0.2, 0) is 20.4 Å². The van der Waals surface area contributed by atoms with Crippen LogP contribution in [0.1, 0.15) is 21.2 Å². The largest absolute Gasteiger partial charge is 0.147 e. The fourth-order valence-corrected chi connectivity index (χ4v) is 25.9. The zero-order chi connectivity index (χ0) is 18.8. The second-order valence-electron chi connectivity index (χ2n) is 7.31. The minimum Gasteiger partial charge on any atom is -0.147 e. The molecule has 150 valence electrons. The van der Waals surface area contributed by atoms with E-state index in [1.165, 1.54) is 5.56 Å². The normalized spacial score (nSPS) is 15.6. The summed E-state index contributed by atoms with van der Waals surface area (Å²) in [5.74, 6) is 0. The summed E-state index contributed by atoms with van der Waals surface area (Å²) >= 11 is -2.09. The summed E-state index contributed by atoms with van der Waals surface area (Å²) in [6, 6.07) is 31.8. The Morgan fingerprint density at radius 1 is 0.733 bits per heavy atom. The maximum atomic E-state index is 2.54. The van der Waals surface area contributed by atoms with Crippen molar-refractivity contribution < 1.29 is 20.4 Å². The molecule has 30 heavy (non-hydrogen) atoms. The van der Waals surface area contributed by atoms with Gasteiger partial charge in [-0.05, 0) is 0 Å². The third-order valence-corrected chi connectivity index (χ3v) is 25.3. The van der Waals surface area contributed by atoms with E-state index in [-0.39, 0.29) is 24.8 Å². The Morgan fingerprint density at radius 3 is 1.93 bits per heavy atom. The minimum absolute atomic E-state index is 0. The standard InChI is InChI=1S/C12H10Si.C9H7.C5H5.2ClH.Zr/c1-3-7-11(8-4-1)13-12-9-5-2-6-10-12;1-2-5-9-7-3-6-8(9)4-1;1-2-4-5-3-1;;;/h1-10H;1-7H;1-3H,4H2;2*1H;. The summed E-state index contributed by atoms with van der Waals surface area (Å²) < 4.78 is 2.41. The van der Waals surface area contributed by atoms with Crippen molar-refractivity contribution in [3.63, 3.8) is 0 Å². The van der Waals surface area contributed by atoms with Gasteiger partial charge < -0.3 is 0 Å². The summed E-state index contributed by atoms with van der Waals surface area (Å²) in [4.78, 5) is 0. The number of hydrogen-bond donors (Lipinski definition) is 0. The summed E-state index contributed by atoms with van der Waals surface area (Å²) in [6.07, 6.45) is 13.2. The number of halogens is 2. The van der Waals surface area contributed by atoms with Gasteiger partial charge in [0.2, 0.25) is 0 Å². The zero-order valence-corrected chi connectivity index (χ0v) is 21.7. The number of benzene rings is 3. The molecule has 0 saturated heterocycles. The van der Waals surface area contributed by atoms with Crippen molar-refractivity contribution in [3.8, 4) is 0 Å². The van der Waals surface area contributed by atoms with Gasteiger partial charge in [0.05, 0.1) is 0 Å². The van der Waals surface area contributed by atoms with Gasteiger partial charge in [-0.15, -0.1) is 24.8 Å². The van der Waals surface area contributed by atoms with Crippen LogP contribution < -0.4 is 10.4 Å². The molecule has 0 spiro atoms. The molecule has 0 radical (unpaired) electrons. The average Bonchev–Trinajstić information content (AvgIpc) is 3.44. The van der Waals surface area contributed by atoms with Crippen LogP contribution in [0, 0.1) is 0 Å². The van der Waals surface area contributed by atoms with E-state index < -0.39 is 25.8 Å². The van der Waals surface area contributed by atoms with Gasteiger partial charge in [0.15, 0.2) is 0 Å². The second kappa shape index (κ2) is 10.7. The first-order valence-corrected chi connectivity index (χ1v) is 17.7. The van der Waals surface area contributed by atoms with Crippen LogP contribution in [0.4, 0.5) is 0 Å². The molecule has 2 aliphatic carbocycles. The summed E-state index contributed by atoms with van der Waals surface area (Å²) in [5, 5.41) is 3.16. The molecule has 0 fully saturated rings. The molecule has 0 heterocycles. The van der Waals surface area contributed by atoms with Crippen LogP contribution in [-0.4, -0.2) is 5.43 Å². The molecule has 1 unspecified atom stereocenters. The Labute approximate surface area is 199 Å². The zero-order valence-electron chi connectivity index (χ0n) is 16.6. The third-order valence-electron chi connectivity index (χ3n) is 5.62. The molecule has 3 aromatic rings. The maximum Gasteiger partial charge on any atom is -0.147 e. The third kappa shape index (κ3) is 4.58. The molecule has 0 N–H and O–H groups in total. The molecule has 0 saturated carbocycles. The predicted molar refractivity (Wildman–Crippen MR) is 132 cm³/mol. The number of allylic oxidation sites excluding steroid dienone is 5. The molecule has 4 heteroatoms.